The molecule has 1 heterocycles. The fraction of sp³-hybridized carbons (Fsp3) is 0.154. The van der Waals surface area contributed by atoms with E-state index in [0.29, 0.717) is 16.7 Å². The maximum absolute atomic E-state index is 6.03. The van der Waals surface area contributed by atoms with Crippen molar-refractivity contribution < 1.29 is 4.74 Å². The predicted molar refractivity (Wildman–Crippen MR) is 73.0 cm³/mol. The molecule has 0 unspecified atom stereocenters. The van der Waals surface area contributed by atoms with E-state index in [9.17, 15) is 0 Å². The van der Waals surface area contributed by atoms with Gasteiger partial charge in [-0.3, -0.25) is 5.84 Å². The minimum Gasteiger partial charge on any atom is -0.437 e. The summed E-state index contributed by atoms with van der Waals surface area (Å²) in [5, 5.41) is 0.552. The third-order valence-electron chi connectivity index (χ3n) is 2.57. The summed E-state index contributed by atoms with van der Waals surface area (Å²) in [6.45, 7) is 3.80. The van der Waals surface area contributed by atoms with E-state index < -0.39 is 0 Å². The lowest BCUT2D eigenvalue weighted by atomic mass is 10.2. The molecule has 0 atom stereocenters. The Balaban J connectivity index is 2.34. The molecule has 0 fully saturated rings. The number of anilines is 1. The maximum atomic E-state index is 6.03. The lowest BCUT2D eigenvalue weighted by molar-refractivity contribution is 0.461. The van der Waals surface area contributed by atoms with Gasteiger partial charge in [0.25, 0.3) is 0 Å². The number of benzene rings is 1. The van der Waals surface area contributed by atoms with Gasteiger partial charge in [0.05, 0.1) is 16.4 Å². The third kappa shape index (κ3) is 2.55. The van der Waals surface area contributed by atoms with E-state index >= 15 is 0 Å². The Morgan fingerprint density at radius 2 is 2.00 bits per heavy atom. The van der Waals surface area contributed by atoms with Gasteiger partial charge in [-0.2, -0.15) is 0 Å². The number of nitrogen functional groups attached to an aromatic ring is 1. The van der Waals surface area contributed by atoms with Crippen LogP contribution in [0.1, 0.15) is 11.3 Å². The molecule has 94 valence electrons. The molecule has 0 aliphatic rings. The van der Waals surface area contributed by atoms with Gasteiger partial charge >= 0.3 is 0 Å². The van der Waals surface area contributed by atoms with Crippen LogP contribution in [0.3, 0.4) is 0 Å². The maximum Gasteiger partial charge on any atom is 0.219 e. The van der Waals surface area contributed by atoms with Crippen molar-refractivity contribution in [3.05, 3.63) is 46.6 Å². The van der Waals surface area contributed by atoms with Crippen molar-refractivity contribution in [3.8, 4) is 11.6 Å². The average molecular weight is 264 g/mol. The second-order valence-corrected chi connectivity index (χ2v) is 4.32. The monoisotopic (exact) mass is 263 g/mol. The van der Waals surface area contributed by atoms with E-state index in [1.165, 1.54) is 0 Å². The van der Waals surface area contributed by atoms with Gasteiger partial charge in [0, 0.05) is 6.07 Å². The van der Waals surface area contributed by atoms with E-state index in [1.807, 2.05) is 32.0 Å². The molecular formula is C13H14ClN3O. The zero-order valence-electron chi connectivity index (χ0n) is 10.2. The van der Waals surface area contributed by atoms with E-state index in [2.05, 4.69) is 10.4 Å². The Morgan fingerprint density at radius 3 is 2.61 bits per heavy atom. The SMILES string of the molecule is Cc1cc(Oc2ccccc2Cl)nc(C)c1NN. The Morgan fingerprint density at radius 1 is 1.28 bits per heavy atom. The minimum absolute atomic E-state index is 0.497. The second kappa shape index (κ2) is 5.25. The molecule has 4 nitrogen and oxygen atoms in total. The zero-order valence-corrected chi connectivity index (χ0v) is 11.0. The smallest absolute Gasteiger partial charge is 0.219 e. The molecule has 0 saturated heterocycles. The van der Waals surface area contributed by atoms with Gasteiger partial charge in [-0.15, -0.1) is 0 Å². The quantitative estimate of drug-likeness (QED) is 0.658. The van der Waals surface area contributed by atoms with Gasteiger partial charge < -0.3 is 10.2 Å². The number of pyridine rings is 1. The number of halogens is 1. The fourth-order valence-electron chi connectivity index (χ4n) is 1.71. The van der Waals surface area contributed by atoms with Crippen LogP contribution in [0, 0.1) is 13.8 Å². The number of hydrazine groups is 1. The average Bonchev–Trinajstić information content (AvgIpc) is 2.32. The summed E-state index contributed by atoms with van der Waals surface area (Å²) < 4.78 is 5.66. The molecule has 1 aromatic heterocycles. The molecule has 0 saturated carbocycles. The number of hydrogen-bond acceptors (Lipinski definition) is 4. The van der Waals surface area contributed by atoms with Crippen LogP contribution in [0.2, 0.25) is 5.02 Å². The van der Waals surface area contributed by atoms with Crippen molar-refractivity contribution in [3.63, 3.8) is 0 Å². The molecule has 0 aliphatic carbocycles. The highest BCUT2D eigenvalue weighted by Crippen LogP contribution is 2.30. The van der Waals surface area contributed by atoms with Crippen molar-refractivity contribution in [1.82, 2.24) is 4.98 Å². The number of aryl methyl sites for hydroxylation is 2. The van der Waals surface area contributed by atoms with E-state index in [-0.39, 0.29) is 0 Å². The van der Waals surface area contributed by atoms with Crippen molar-refractivity contribution in [1.29, 1.82) is 0 Å². The van der Waals surface area contributed by atoms with Crippen LogP contribution >= 0.6 is 11.6 Å². The lowest BCUT2D eigenvalue weighted by Gasteiger charge is -2.12. The summed E-state index contributed by atoms with van der Waals surface area (Å²) in [4.78, 5) is 4.32. The molecule has 1 aromatic carbocycles. The van der Waals surface area contributed by atoms with Crippen LogP contribution in [-0.2, 0) is 0 Å². The second-order valence-electron chi connectivity index (χ2n) is 3.91. The number of hydrogen-bond donors (Lipinski definition) is 2. The number of rotatable bonds is 3. The van der Waals surface area contributed by atoms with E-state index in [1.54, 1.807) is 12.1 Å². The molecule has 5 heteroatoms. The van der Waals surface area contributed by atoms with Gasteiger partial charge in [-0.25, -0.2) is 4.98 Å². The summed E-state index contributed by atoms with van der Waals surface area (Å²) in [6, 6.07) is 9.08. The Kier molecular flexibility index (Phi) is 3.69. The van der Waals surface area contributed by atoms with Crippen molar-refractivity contribution in [2.24, 2.45) is 5.84 Å². The highest BCUT2D eigenvalue weighted by atomic mass is 35.5. The first kappa shape index (κ1) is 12.7. The molecule has 0 bridgehead atoms. The number of aromatic nitrogens is 1. The van der Waals surface area contributed by atoms with Crippen LogP contribution in [0.5, 0.6) is 11.6 Å². The number of ether oxygens (including phenoxy) is 1. The molecule has 0 radical (unpaired) electrons. The first-order valence-electron chi connectivity index (χ1n) is 5.49. The third-order valence-corrected chi connectivity index (χ3v) is 2.88. The van der Waals surface area contributed by atoms with Crippen LogP contribution < -0.4 is 16.0 Å². The van der Waals surface area contributed by atoms with E-state index in [0.717, 1.165) is 16.9 Å². The molecule has 2 aromatic rings. The Hall–Kier alpha value is -1.78. The van der Waals surface area contributed by atoms with Crippen molar-refractivity contribution in [2.75, 3.05) is 5.43 Å². The molecule has 0 aliphatic heterocycles. The van der Waals surface area contributed by atoms with Gasteiger partial charge in [0.15, 0.2) is 0 Å². The molecule has 0 amide bonds. The van der Waals surface area contributed by atoms with Crippen LogP contribution in [0.15, 0.2) is 30.3 Å². The first-order valence-corrected chi connectivity index (χ1v) is 5.87. The number of nitrogens with one attached hydrogen (secondary N) is 1. The highest BCUT2D eigenvalue weighted by Gasteiger charge is 2.08. The number of nitrogens with zero attached hydrogens (tertiary/aromatic N) is 1. The van der Waals surface area contributed by atoms with Crippen LogP contribution in [0.25, 0.3) is 0 Å². The van der Waals surface area contributed by atoms with Crippen molar-refractivity contribution >= 4 is 17.3 Å². The van der Waals surface area contributed by atoms with Crippen LogP contribution in [-0.4, -0.2) is 4.98 Å². The summed E-state index contributed by atoms with van der Waals surface area (Å²) >= 11 is 6.03. The topological polar surface area (TPSA) is 60.2 Å². The van der Waals surface area contributed by atoms with Crippen LogP contribution in [0.4, 0.5) is 5.69 Å². The normalized spacial score (nSPS) is 10.2. The summed E-state index contributed by atoms with van der Waals surface area (Å²) in [5.41, 5.74) is 5.17. The lowest BCUT2D eigenvalue weighted by Crippen LogP contribution is -2.10. The van der Waals surface area contributed by atoms with Gasteiger partial charge in [-0.05, 0) is 31.5 Å². The molecular weight excluding hydrogens is 250 g/mol. The predicted octanol–water partition coefficient (Wildman–Crippen LogP) is 3.43. The van der Waals surface area contributed by atoms with Crippen molar-refractivity contribution in [2.45, 2.75) is 13.8 Å². The summed E-state index contributed by atoms with van der Waals surface area (Å²) in [6.07, 6.45) is 0. The highest BCUT2D eigenvalue weighted by molar-refractivity contribution is 6.32. The van der Waals surface area contributed by atoms with E-state index in [4.69, 9.17) is 22.2 Å². The molecule has 18 heavy (non-hydrogen) atoms. The Labute approximate surface area is 111 Å². The molecule has 2 rings (SSSR count). The van der Waals surface area contributed by atoms with Gasteiger partial charge in [-0.1, -0.05) is 23.7 Å². The fourth-order valence-corrected chi connectivity index (χ4v) is 1.88. The molecule has 3 N–H and O–H groups in total. The first-order chi connectivity index (χ1) is 8.61. The van der Waals surface area contributed by atoms with Gasteiger partial charge in [0.2, 0.25) is 5.88 Å². The standard InChI is InChI=1S/C13H14ClN3O/c1-8-7-12(16-9(2)13(8)17-15)18-11-6-4-3-5-10(11)14/h3-7,17H,15H2,1-2H3. The largest absolute Gasteiger partial charge is 0.437 e. The summed E-state index contributed by atoms with van der Waals surface area (Å²) in [5.74, 6) is 6.51. The number of nitrogens with two attached hydrogens (primary N) is 1. The van der Waals surface area contributed by atoms with Gasteiger partial charge in [0.1, 0.15) is 5.75 Å². The Bertz CT molecular complexity index is 549. The minimum atomic E-state index is 0.497. The number of para-hydroxylation sites is 1. The molecule has 0 spiro atoms. The summed E-state index contributed by atoms with van der Waals surface area (Å²) in [7, 11) is 0. The zero-order chi connectivity index (χ0) is 13.1.